The number of carbonyl (C=O) groups is 1. The second-order valence-electron chi connectivity index (χ2n) is 7.75. The van der Waals surface area contributed by atoms with Crippen LogP contribution in [-0.4, -0.2) is 56.6 Å². The van der Waals surface area contributed by atoms with Crippen molar-refractivity contribution >= 4 is 28.0 Å². The molecule has 2 amide bonds. The lowest BCUT2D eigenvalue weighted by Crippen LogP contribution is -2.49. The molecule has 1 fully saturated rings. The molecule has 8 nitrogen and oxygen atoms in total. The van der Waals surface area contributed by atoms with E-state index in [1.165, 1.54) is 34.1 Å². The molecule has 0 spiro atoms. The zero-order valence-electron chi connectivity index (χ0n) is 17.6. The lowest BCUT2D eigenvalue weighted by molar-refractivity contribution is 0.142. The van der Waals surface area contributed by atoms with Crippen molar-refractivity contribution in [2.75, 3.05) is 31.5 Å². The van der Waals surface area contributed by atoms with Crippen LogP contribution >= 0.6 is 11.3 Å². The number of halogens is 1. The van der Waals surface area contributed by atoms with Crippen LogP contribution in [0.5, 0.6) is 0 Å². The van der Waals surface area contributed by atoms with Crippen LogP contribution in [0.15, 0.2) is 65.5 Å². The number of anilines is 1. The highest BCUT2D eigenvalue weighted by atomic mass is 32.1. The molecule has 1 aliphatic rings. The SMILES string of the molecule is O=C(Nc1ccccc1)N1CCN(Cc2cc(=O)n3nc(-c4ccc(F)cc4)sc3n2)CC1. The number of rotatable bonds is 4. The zero-order chi connectivity index (χ0) is 22.8. The molecule has 3 heterocycles. The lowest BCUT2D eigenvalue weighted by atomic mass is 10.2. The normalized spacial score (nSPS) is 14.5. The quantitative estimate of drug-likeness (QED) is 0.501. The van der Waals surface area contributed by atoms with E-state index in [4.69, 9.17) is 0 Å². The summed E-state index contributed by atoms with van der Waals surface area (Å²) in [6.45, 7) is 3.08. The highest BCUT2D eigenvalue weighted by Gasteiger charge is 2.22. The van der Waals surface area contributed by atoms with Gasteiger partial charge in [-0.1, -0.05) is 29.5 Å². The van der Waals surface area contributed by atoms with Gasteiger partial charge in [0.15, 0.2) is 0 Å². The van der Waals surface area contributed by atoms with Gasteiger partial charge < -0.3 is 10.2 Å². The van der Waals surface area contributed by atoms with Crippen LogP contribution in [0.25, 0.3) is 15.5 Å². The predicted octanol–water partition coefficient (Wildman–Crippen LogP) is 3.31. The van der Waals surface area contributed by atoms with Gasteiger partial charge in [0.05, 0.1) is 5.69 Å². The Bertz CT molecular complexity index is 1330. The Labute approximate surface area is 192 Å². The van der Waals surface area contributed by atoms with E-state index in [-0.39, 0.29) is 17.4 Å². The third-order valence-electron chi connectivity index (χ3n) is 5.46. The topological polar surface area (TPSA) is 82.8 Å². The summed E-state index contributed by atoms with van der Waals surface area (Å²) in [7, 11) is 0. The van der Waals surface area contributed by atoms with Crippen LogP contribution in [0.2, 0.25) is 0 Å². The number of nitrogens with zero attached hydrogens (tertiary/aromatic N) is 5. The van der Waals surface area contributed by atoms with E-state index in [2.05, 4.69) is 20.3 Å². The first-order valence-electron chi connectivity index (χ1n) is 10.5. The summed E-state index contributed by atoms with van der Waals surface area (Å²) in [6, 6.07) is 16.8. The largest absolute Gasteiger partial charge is 0.322 e. The van der Waals surface area contributed by atoms with Gasteiger partial charge in [-0.2, -0.15) is 9.61 Å². The summed E-state index contributed by atoms with van der Waals surface area (Å²) < 4.78 is 14.5. The first-order chi connectivity index (χ1) is 16.0. The van der Waals surface area contributed by atoms with E-state index >= 15 is 0 Å². The molecule has 0 aliphatic carbocycles. The van der Waals surface area contributed by atoms with Crippen LogP contribution in [0.3, 0.4) is 0 Å². The molecule has 4 aromatic rings. The summed E-state index contributed by atoms with van der Waals surface area (Å²) in [4.78, 5) is 34.1. The summed E-state index contributed by atoms with van der Waals surface area (Å²) in [5.41, 5.74) is 1.92. The summed E-state index contributed by atoms with van der Waals surface area (Å²) >= 11 is 1.29. The lowest BCUT2D eigenvalue weighted by Gasteiger charge is -2.34. The molecule has 0 radical (unpaired) electrons. The molecule has 1 saturated heterocycles. The minimum atomic E-state index is -0.324. The number of aromatic nitrogens is 3. The highest BCUT2D eigenvalue weighted by Crippen LogP contribution is 2.24. The second-order valence-corrected chi connectivity index (χ2v) is 8.71. The standard InChI is InChI=1S/C23H21FN6O2S/c24-17-8-6-16(7-9-17)21-27-30-20(31)14-19(26-23(30)33-21)15-28-10-12-29(13-11-28)22(32)25-18-4-2-1-3-5-18/h1-9,14H,10-13,15H2,(H,25,32). The van der Waals surface area contributed by atoms with Gasteiger partial charge in [-0.15, -0.1) is 0 Å². The van der Waals surface area contributed by atoms with Crippen molar-refractivity contribution in [2.24, 2.45) is 0 Å². The van der Waals surface area contributed by atoms with Crippen LogP contribution in [-0.2, 0) is 6.54 Å². The minimum Gasteiger partial charge on any atom is -0.322 e. The summed E-state index contributed by atoms with van der Waals surface area (Å²) in [5.74, 6) is -0.324. The molecule has 1 N–H and O–H groups in total. The second kappa shape index (κ2) is 9.08. The average molecular weight is 465 g/mol. The average Bonchev–Trinajstić information content (AvgIpc) is 3.25. The van der Waals surface area contributed by atoms with Gasteiger partial charge in [0, 0.05) is 50.0 Å². The fourth-order valence-electron chi connectivity index (χ4n) is 3.71. The van der Waals surface area contributed by atoms with Gasteiger partial charge in [-0.3, -0.25) is 9.69 Å². The maximum absolute atomic E-state index is 13.2. The van der Waals surface area contributed by atoms with Gasteiger partial charge in [-0.25, -0.2) is 14.2 Å². The van der Waals surface area contributed by atoms with Crippen molar-refractivity contribution < 1.29 is 9.18 Å². The van der Waals surface area contributed by atoms with E-state index < -0.39 is 0 Å². The molecule has 0 atom stereocenters. The number of hydrogen-bond acceptors (Lipinski definition) is 6. The van der Waals surface area contributed by atoms with Gasteiger partial charge in [-0.05, 0) is 36.4 Å². The number of benzene rings is 2. The third kappa shape index (κ3) is 4.76. The van der Waals surface area contributed by atoms with Gasteiger partial charge in [0.1, 0.15) is 10.8 Å². The molecule has 0 bridgehead atoms. The Morgan fingerprint density at radius 1 is 1.03 bits per heavy atom. The molecule has 1 aliphatic heterocycles. The van der Waals surface area contributed by atoms with Crippen molar-refractivity contribution in [3.05, 3.63) is 82.5 Å². The Kier molecular flexibility index (Phi) is 5.84. The minimum absolute atomic E-state index is 0.114. The van der Waals surface area contributed by atoms with Crippen molar-refractivity contribution in [1.82, 2.24) is 24.4 Å². The molecular weight excluding hydrogens is 443 g/mol. The maximum Gasteiger partial charge on any atom is 0.321 e. The van der Waals surface area contributed by atoms with Crippen LogP contribution in [0, 0.1) is 5.82 Å². The number of nitrogens with one attached hydrogen (secondary N) is 1. The smallest absolute Gasteiger partial charge is 0.321 e. The molecule has 5 rings (SSSR count). The van der Waals surface area contributed by atoms with Gasteiger partial charge in [0.25, 0.3) is 5.56 Å². The molecule has 168 valence electrons. The fourth-order valence-corrected chi connectivity index (χ4v) is 4.64. The van der Waals surface area contributed by atoms with Gasteiger partial charge >= 0.3 is 6.03 Å². The van der Waals surface area contributed by atoms with E-state index in [0.29, 0.717) is 48.4 Å². The number of urea groups is 1. The molecular formula is C23H21FN6O2S. The zero-order valence-corrected chi connectivity index (χ0v) is 18.5. The van der Waals surface area contributed by atoms with Crippen molar-refractivity contribution in [3.8, 4) is 10.6 Å². The highest BCUT2D eigenvalue weighted by molar-refractivity contribution is 7.19. The first kappa shape index (κ1) is 21.2. The molecule has 0 unspecified atom stereocenters. The van der Waals surface area contributed by atoms with Crippen molar-refractivity contribution in [2.45, 2.75) is 6.54 Å². The van der Waals surface area contributed by atoms with Crippen LogP contribution in [0.1, 0.15) is 5.69 Å². The van der Waals surface area contributed by atoms with Crippen molar-refractivity contribution in [3.63, 3.8) is 0 Å². The van der Waals surface area contributed by atoms with E-state index in [0.717, 1.165) is 11.3 Å². The number of carbonyl (C=O) groups excluding carboxylic acids is 1. The summed E-state index contributed by atoms with van der Waals surface area (Å²) in [6.07, 6.45) is 0. The first-order valence-corrected chi connectivity index (χ1v) is 11.4. The Hall–Kier alpha value is -3.63. The van der Waals surface area contributed by atoms with Gasteiger partial charge in [0.2, 0.25) is 4.96 Å². The number of hydrogen-bond donors (Lipinski definition) is 1. The van der Waals surface area contributed by atoms with Crippen LogP contribution < -0.4 is 10.9 Å². The van der Waals surface area contributed by atoms with Crippen molar-refractivity contribution in [1.29, 1.82) is 0 Å². The molecule has 0 saturated carbocycles. The summed E-state index contributed by atoms with van der Waals surface area (Å²) in [5, 5.41) is 7.85. The Balaban J connectivity index is 1.24. The van der Waals surface area contributed by atoms with Crippen LogP contribution in [0.4, 0.5) is 14.9 Å². The van der Waals surface area contributed by atoms with E-state index in [1.807, 2.05) is 30.3 Å². The molecule has 2 aromatic carbocycles. The number of piperazine rings is 1. The number of para-hydroxylation sites is 1. The molecule has 10 heteroatoms. The van der Waals surface area contributed by atoms with E-state index in [9.17, 15) is 14.0 Å². The van der Waals surface area contributed by atoms with E-state index in [1.54, 1.807) is 17.0 Å². The molecule has 2 aromatic heterocycles. The molecule has 33 heavy (non-hydrogen) atoms. The maximum atomic E-state index is 13.2. The Morgan fingerprint density at radius 3 is 2.48 bits per heavy atom. The fraction of sp³-hybridized carbons (Fsp3) is 0.217. The predicted molar refractivity (Wildman–Crippen MR) is 125 cm³/mol. The number of amides is 2. The third-order valence-corrected chi connectivity index (χ3v) is 6.42. The number of fused-ring (bicyclic) bond motifs is 1. The Morgan fingerprint density at radius 2 is 1.76 bits per heavy atom. The monoisotopic (exact) mass is 464 g/mol.